The second kappa shape index (κ2) is 5.18. The highest BCUT2D eigenvalue weighted by molar-refractivity contribution is 6.30. The van der Waals surface area contributed by atoms with Crippen molar-refractivity contribution in [3.05, 3.63) is 58.6 Å². The lowest BCUT2D eigenvalue weighted by molar-refractivity contribution is 0.0699. The summed E-state index contributed by atoms with van der Waals surface area (Å²) in [5, 5.41) is 18.0. The van der Waals surface area contributed by atoms with Gasteiger partial charge in [0.1, 0.15) is 5.52 Å². The third-order valence-corrected chi connectivity index (χ3v) is 3.70. The fraction of sp³-hybridized carbons (Fsp3) is 0.133. The monoisotopic (exact) mass is 301 g/mol. The molecule has 5 nitrogen and oxygen atoms in total. The van der Waals surface area contributed by atoms with Gasteiger partial charge in [0, 0.05) is 5.02 Å². The molecule has 3 rings (SSSR count). The van der Waals surface area contributed by atoms with Crippen molar-refractivity contribution in [2.45, 2.75) is 13.0 Å². The lowest BCUT2D eigenvalue weighted by Crippen LogP contribution is -2.08. The minimum Gasteiger partial charge on any atom is -0.478 e. The predicted octanol–water partition coefficient (Wildman–Crippen LogP) is 3.39. The largest absolute Gasteiger partial charge is 0.478 e. The Kier molecular flexibility index (Phi) is 3.35. The number of hydrogen-bond acceptors (Lipinski definition) is 3. The number of carboxylic acids is 1. The van der Waals surface area contributed by atoms with Gasteiger partial charge in [-0.15, -0.1) is 5.10 Å². The van der Waals surface area contributed by atoms with E-state index in [-0.39, 0.29) is 11.6 Å². The van der Waals surface area contributed by atoms with Crippen molar-refractivity contribution >= 4 is 28.6 Å². The molecule has 1 heterocycles. The van der Waals surface area contributed by atoms with Gasteiger partial charge in [-0.1, -0.05) is 35.0 Å². The number of benzene rings is 2. The highest BCUT2D eigenvalue weighted by atomic mass is 35.5. The van der Waals surface area contributed by atoms with Gasteiger partial charge in [-0.25, -0.2) is 9.48 Å². The number of hydrogen-bond donors (Lipinski definition) is 1. The predicted molar refractivity (Wildman–Crippen MR) is 79.8 cm³/mol. The normalized spacial score (nSPS) is 12.5. The maximum Gasteiger partial charge on any atom is 0.338 e. The van der Waals surface area contributed by atoms with E-state index in [1.807, 2.05) is 37.3 Å². The van der Waals surface area contributed by atoms with Gasteiger partial charge in [0.25, 0.3) is 0 Å². The summed E-state index contributed by atoms with van der Waals surface area (Å²) in [6, 6.07) is 12.4. The molecule has 2 aromatic carbocycles. The number of aromatic carboxylic acids is 1. The summed E-state index contributed by atoms with van der Waals surface area (Å²) in [4.78, 5) is 11.2. The maximum absolute atomic E-state index is 11.2. The third kappa shape index (κ3) is 2.36. The average molecular weight is 302 g/mol. The molecule has 0 saturated carbocycles. The Labute approximate surface area is 125 Å². The first-order valence-electron chi connectivity index (χ1n) is 6.40. The number of carbonyl (C=O) groups is 1. The van der Waals surface area contributed by atoms with Gasteiger partial charge in [0.05, 0.1) is 17.1 Å². The maximum atomic E-state index is 11.2. The molecule has 0 spiro atoms. The topological polar surface area (TPSA) is 68.0 Å². The van der Waals surface area contributed by atoms with Crippen LogP contribution in [0.25, 0.3) is 11.0 Å². The first-order valence-corrected chi connectivity index (χ1v) is 6.78. The molecule has 1 aromatic heterocycles. The number of aromatic nitrogens is 3. The number of carboxylic acid groups (broad SMARTS) is 1. The molecule has 1 unspecified atom stereocenters. The number of nitrogens with zero attached hydrogens (tertiary/aromatic N) is 3. The Morgan fingerprint density at radius 1 is 1.24 bits per heavy atom. The summed E-state index contributed by atoms with van der Waals surface area (Å²) in [6.07, 6.45) is 0. The summed E-state index contributed by atoms with van der Waals surface area (Å²) in [5.41, 5.74) is 2.26. The van der Waals surface area contributed by atoms with Crippen molar-refractivity contribution < 1.29 is 9.90 Å². The van der Waals surface area contributed by atoms with E-state index >= 15 is 0 Å². The standard InChI is InChI=1S/C15H12ClN3O2/c1-9(10-5-7-11(16)8-6-10)19-13-4-2-3-12(15(20)21)14(13)17-18-19/h2-9H,1H3,(H,20,21). The van der Waals surface area contributed by atoms with Crippen LogP contribution in [0.15, 0.2) is 42.5 Å². The highest BCUT2D eigenvalue weighted by Crippen LogP contribution is 2.24. The molecule has 21 heavy (non-hydrogen) atoms. The Morgan fingerprint density at radius 2 is 1.95 bits per heavy atom. The molecular formula is C15H12ClN3O2. The fourth-order valence-electron chi connectivity index (χ4n) is 2.30. The van der Waals surface area contributed by atoms with Gasteiger partial charge in [-0.3, -0.25) is 0 Å². The quantitative estimate of drug-likeness (QED) is 0.805. The van der Waals surface area contributed by atoms with Gasteiger partial charge in [-0.2, -0.15) is 0 Å². The minimum atomic E-state index is -1.01. The Bertz CT molecular complexity index is 811. The van der Waals surface area contributed by atoms with Crippen LogP contribution in [0.3, 0.4) is 0 Å². The second-order valence-corrected chi connectivity index (χ2v) is 5.18. The molecule has 0 radical (unpaired) electrons. The van der Waals surface area contributed by atoms with Gasteiger partial charge >= 0.3 is 5.97 Å². The van der Waals surface area contributed by atoms with Gasteiger partial charge in [0.2, 0.25) is 0 Å². The Balaban J connectivity index is 2.11. The van der Waals surface area contributed by atoms with E-state index in [4.69, 9.17) is 11.6 Å². The number of fused-ring (bicyclic) bond motifs is 1. The van der Waals surface area contributed by atoms with Crippen LogP contribution in [0.1, 0.15) is 28.9 Å². The fourth-order valence-corrected chi connectivity index (χ4v) is 2.43. The van der Waals surface area contributed by atoms with Crippen LogP contribution in [0.2, 0.25) is 5.02 Å². The van der Waals surface area contributed by atoms with E-state index in [1.54, 1.807) is 10.7 Å². The third-order valence-electron chi connectivity index (χ3n) is 3.45. The van der Waals surface area contributed by atoms with Crippen LogP contribution in [0, 0.1) is 0 Å². The molecule has 0 fully saturated rings. The summed E-state index contributed by atoms with van der Waals surface area (Å²) in [6.45, 7) is 1.98. The van der Waals surface area contributed by atoms with Crippen molar-refractivity contribution in [1.29, 1.82) is 0 Å². The average Bonchev–Trinajstić information content (AvgIpc) is 2.90. The van der Waals surface area contributed by atoms with E-state index in [2.05, 4.69) is 10.3 Å². The van der Waals surface area contributed by atoms with Crippen LogP contribution < -0.4 is 0 Å². The van der Waals surface area contributed by atoms with Crippen molar-refractivity contribution in [3.8, 4) is 0 Å². The first-order chi connectivity index (χ1) is 10.1. The summed E-state index contributed by atoms with van der Waals surface area (Å²) < 4.78 is 1.71. The SMILES string of the molecule is CC(c1ccc(Cl)cc1)n1nnc2c(C(=O)O)cccc21. The molecule has 0 aliphatic carbocycles. The molecule has 0 bridgehead atoms. The zero-order valence-corrected chi connectivity index (χ0v) is 11.9. The van der Waals surface area contributed by atoms with Crippen LogP contribution in [0.4, 0.5) is 0 Å². The van der Waals surface area contributed by atoms with Gasteiger partial charge in [0.15, 0.2) is 0 Å². The minimum absolute atomic E-state index is 0.0729. The number of halogens is 1. The first kappa shape index (κ1) is 13.6. The van der Waals surface area contributed by atoms with Crippen molar-refractivity contribution in [3.63, 3.8) is 0 Å². The van der Waals surface area contributed by atoms with Crippen molar-refractivity contribution in [2.75, 3.05) is 0 Å². The van der Waals surface area contributed by atoms with Crippen LogP contribution in [-0.4, -0.2) is 26.1 Å². The molecule has 1 N–H and O–H groups in total. The molecule has 0 amide bonds. The number of rotatable bonds is 3. The summed E-state index contributed by atoms with van der Waals surface area (Å²) in [5.74, 6) is -1.01. The zero-order chi connectivity index (χ0) is 15.0. The Hall–Kier alpha value is -2.40. The molecule has 106 valence electrons. The lowest BCUT2D eigenvalue weighted by atomic mass is 10.1. The smallest absolute Gasteiger partial charge is 0.338 e. The van der Waals surface area contributed by atoms with E-state index < -0.39 is 5.97 Å². The van der Waals surface area contributed by atoms with Crippen LogP contribution >= 0.6 is 11.6 Å². The van der Waals surface area contributed by atoms with Gasteiger partial charge < -0.3 is 5.11 Å². The zero-order valence-electron chi connectivity index (χ0n) is 11.2. The summed E-state index contributed by atoms with van der Waals surface area (Å²) >= 11 is 5.89. The summed E-state index contributed by atoms with van der Waals surface area (Å²) in [7, 11) is 0. The van der Waals surface area contributed by atoms with Crippen molar-refractivity contribution in [1.82, 2.24) is 15.0 Å². The molecule has 3 aromatic rings. The second-order valence-electron chi connectivity index (χ2n) is 4.74. The van der Waals surface area contributed by atoms with Crippen LogP contribution in [0.5, 0.6) is 0 Å². The van der Waals surface area contributed by atoms with E-state index in [0.29, 0.717) is 16.1 Å². The molecular weight excluding hydrogens is 290 g/mol. The van der Waals surface area contributed by atoms with Crippen LogP contribution in [-0.2, 0) is 0 Å². The lowest BCUT2D eigenvalue weighted by Gasteiger charge is -2.13. The molecule has 6 heteroatoms. The van der Waals surface area contributed by atoms with E-state index in [9.17, 15) is 9.90 Å². The van der Waals surface area contributed by atoms with E-state index in [1.165, 1.54) is 6.07 Å². The highest BCUT2D eigenvalue weighted by Gasteiger charge is 2.17. The van der Waals surface area contributed by atoms with E-state index in [0.717, 1.165) is 5.56 Å². The molecule has 0 aliphatic rings. The molecule has 1 atom stereocenters. The Morgan fingerprint density at radius 3 is 2.62 bits per heavy atom. The van der Waals surface area contributed by atoms with Crippen molar-refractivity contribution in [2.24, 2.45) is 0 Å². The van der Waals surface area contributed by atoms with Gasteiger partial charge in [-0.05, 0) is 36.8 Å². The molecule has 0 saturated heterocycles. The molecule has 0 aliphatic heterocycles.